The Labute approximate surface area is 106 Å². The highest BCUT2D eigenvalue weighted by atomic mass is 16.3. The van der Waals surface area contributed by atoms with E-state index in [-0.39, 0.29) is 11.5 Å². The molecule has 17 heavy (non-hydrogen) atoms. The van der Waals surface area contributed by atoms with Crippen LogP contribution in [0.4, 0.5) is 0 Å². The second kappa shape index (κ2) is 4.89. The van der Waals surface area contributed by atoms with Crippen molar-refractivity contribution in [2.75, 3.05) is 13.1 Å². The molecule has 0 aromatic rings. The molecule has 0 bridgehead atoms. The van der Waals surface area contributed by atoms with Crippen molar-refractivity contribution in [1.82, 2.24) is 4.90 Å². The quantitative estimate of drug-likeness (QED) is 0.797. The van der Waals surface area contributed by atoms with Crippen molar-refractivity contribution in [1.29, 1.82) is 0 Å². The predicted molar refractivity (Wildman–Crippen MR) is 71.9 cm³/mol. The van der Waals surface area contributed by atoms with E-state index in [4.69, 9.17) is 0 Å². The minimum atomic E-state index is -0.108. The van der Waals surface area contributed by atoms with E-state index in [0.717, 1.165) is 12.5 Å². The average molecular weight is 239 g/mol. The maximum absolute atomic E-state index is 10.4. The van der Waals surface area contributed by atoms with Crippen LogP contribution in [0.3, 0.4) is 0 Å². The number of rotatable bonds is 5. The second-order valence-electron chi connectivity index (χ2n) is 7.22. The summed E-state index contributed by atoms with van der Waals surface area (Å²) < 4.78 is 0. The zero-order valence-electron chi connectivity index (χ0n) is 11.9. The maximum atomic E-state index is 10.4. The fraction of sp³-hybridized carbons (Fsp3) is 1.00. The monoisotopic (exact) mass is 239 g/mol. The van der Waals surface area contributed by atoms with Gasteiger partial charge in [0.25, 0.3) is 0 Å². The summed E-state index contributed by atoms with van der Waals surface area (Å²) in [6.07, 6.45) is 5.10. The Morgan fingerprint density at radius 3 is 2.24 bits per heavy atom. The van der Waals surface area contributed by atoms with Crippen molar-refractivity contribution in [3.8, 4) is 0 Å². The largest absolute Gasteiger partial charge is 0.392 e. The molecule has 0 saturated heterocycles. The van der Waals surface area contributed by atoms with Gasteiger partial charge in [-0.05, 0) is 56.8 Å². The standard InChI is InChI=1S/C15H29NO/c1-11(2)16(9-12-5-6-12)10-13-7-8-15(3,4)14(13)17/h11-14,17H,5-10H2,1-4H3. The number of nitrogens with zero attached hydrogens (tertiary/aromatic N) is 1. The van der Waals surface area contributed by atoms with Crippen LogP contribution in [0, 0.1) is 17.3 Å². The first-order chi connectivity index (χ1) is 7.90. The highest BCUT2D eigenvalue weighted by Gasteiger charge is 2.41. The SMILES string of the molecule is CC(C)N(CC1CC1)CC1CCC(C)(C)C1O. The van der Waals surface area contributed by atoms with E-state index in [1.807, 2.05) is 0 Å². The topological polar surface area (TPSA) is 23.5 Å². The Balaban J connectivity index is 1.89. The molecule has 100 valence electrons. The van der Waals surface area contributed by atoms with E-state index in [1.54, 1.807) is 0 Å². The summed E-state index contributed by atoms with van der Waals surface area (Å²) in [7, 11) is 0. The molecule has 0 aromatic heterocycles. The van der Waals surface area contributed by atoms with E-state index in [1.165, 1.54) is 32.2 Å². The molecule has 0 heterocycles. The number of hydrogen-bond acceptors (Lipinski definition) is 2. The summed E-state index contributed by atoms with van der Waals surface area (Å²) >= 11 is 0. The van der Waals surface area contributed by atoms with Crippen LogP contribution in [0.2, 0.25) is 0 Å². The van der Waals surface area contributed by atoms with Crippen LogP contribution >= 0.6 is 0 Å². The summed E-state index contributed by atoms with van der Waals surface area (Å²) in [5.41, 5.74) is 0.132. The average Bonchev–Trinajstić information content (AvgIpc) is 3.00. The second-order valence-corrected chi connectivity index (χ2v) is 7.22. The number of hydrogen-bond donors (Lipinski definition) is 1. The third kappa shape index (κ3) is 3.23. The van der Waals surface area contributed by atoms with Gasteiger partial charge in [-0.25, -0.2) is 0 Å². The lowest BCUT2D eigenvalue weighted by Crippen LogP contribution is -2.40. The van der Waals surface area contributed by atoms with Gasteiger partial charge in [-0.2, -0.15) is 0 Å². The molecule has 2 heteroatoms. The minimum Gasteiger partial charge on any atom is -0.392 e. The zero-order chi connectivity index (χ0) is 12.6. The highest BCUT2D eigenvalue weighted by molar-refractivity contribution is 4.93. The Morgan fingerprint density at radius 2 is 1.82 bits per heavy atom. The molecular weight excluding hydrogens is 210 g/mol. The van der Waals surface area contributed by atoms with Gasteiger partial charge >= 0.3 is 0 Å². The van der Waals surface area contributed by atoms with Crippen LogP contribution in [0.5, 0.6) is 0 Å². The summed E-state index contributed by atoms with van der Waals surface area (Å²) in [4.78, 5) is 2.59. The number of aliphatic hydroxyl groups excluding tert-OH is 1. The van der Waals surface area contributed by atoms with Gasteiger partial charge in [0.1, 0.15) is 0 Å². The maximum Gasteiger partial charge on any atom is 0.0631 e. The fourth-order valence-corrected chi connectivity index (χ4v) is 3.12. The summed E-state index contributed by atoms with van der Waals surface area (Å²) in [6.45, 7) is 11.3. The van der Waals surface area contributed by atoms with Crippen molar-refractivity contribution in [2.24, 2.45) is 17.3 Å². The van der Waals surface area contributed by atoms with Crippen LogP contribution in [0.25, 0.3) is 0 Å². The van der Waals surface area contributed by atoms with Crippen molar-refractivity contribution in [2.45, 2.75) is 65.5 Å². The van der Waals surface area contributed by atoms with Gasteiger partial charge in [-0.15, -0.1) is 0 Å². The number of aliphatic hydroxyl groups is 1. The normalized spacial score (nSPS) is 32.6. The molecule has 0 aromatic carbocycles. The Morgan fingerprint density at radius 1 is 1.18 bits per heavy atom. The molecule has 0 aliphatic heterocycles. The van der Waals surface area contributed by atoms with Gasteiger partial charge in [-0.1, -0.05) is 13.8 Å². The molecule has 2 aliphatic rings. The van der Waals surface area contributed by atoms with Gasteiger partial charge in [-0.3, -0.25) is 0 Å². The predicted octanol–water partition coefficient (Wildman–Crippen LogP) is 2.90. The first-order valence-electron chi connectivity index (χ1n) is 7.32. The first kappa shape index (κ1) is 13.4. The molecule has 1 N–H and O–H groups in total. The van der Waals surface area contributed by atoms with E-state index in [2.05, 4.69) is 32.6 Å². The minimum absolute atomic E-state index is 0.108. The molecular formula is C15H29NO. The van der Waals surface area contributed by atoms with Crippen LogP contribution in [0.15, 0.2) is 0 Å². The molecule has 2 saturated carbocycles. The van der Waals surface area contributed by atoms with E-state index < -0.39 is 0 Å². The zero-order valence-corrected chi connectivity index (χ0v) is 11.9. The van der Waals surface area contributed by atoms with Gasteiger partial charge in [0.05, 0.1) is 6.10 Å². The van der Waals surface area contributed by atoms with Crippen LogP contribution < -0.4 is 0 Å². The molecule has 0 amide bonds. The lowest BCUT2D eigenvalue weighted by atomic mass is 9.87. The third-order valence-corrected chi connectivity index (χ3v) is 4.80. The van der Waals surface area contributed by atoms with Crippen LogP contribution in [-0.4, -0.2) is 35.2 Å². The fourth-order valence-electron chi connectivity index (χ4n) is 3.12. The third-order valence-electron chi connectivity index (χ3n) is 4.80. The van der Waals surface area contributed by atoms with Gasteiger partial charge < -0.3 is 10.0 Å². The van der Waals surface area contributed by atoms with Gasteiger partial charge in [0, 0.05) is 19.1 Å². The van der Waals surface area contributed by atoms with Crippen molar-refractivity contribution in [3.05, 3.63) is 0 Å². The Hall–Kier alpha value is -0.0800. The van der Waals surface area contributed by atoms with E-state index in [0.29, 0.717) is 12.0 Å². The summed E-state index contributed by atoms with van der Waals surface area (Å²) in [5, 5.41) is 10.4. The summed E-state index contributed by atoms with van der Waals surface area (Å²) in [6, 6.07) is 0.617. The van der Waals surface area contributed by atoms with Crippen molar-refractivity contribution < 1.29 is 5.11 Å². The molecule has 2 unspecified atom stereocenters. The molecule has 2 rings (SSSR count). The first-order valence-corrected chi connectivity index (χ1v) is 7.32. The van der Waals surface area contributed by atoms with E-state index >= 15 is 0 Å². The molecule has 2 aliphatic carbocycles. The molecule has 0 radical (unpaired) electrons. The summed E-state index contributed by atoms with van der Waals surface area (Å²) in [5.74, 6) is 1.44. The Kier molecular flexibility index (Phi) is 3.84. The van der Waals surface area contributed by atoms with E-state index in [9.17, 15) is 5.11 Å². The van der Waals surface area contributed by atoms with Crippen molar-refractivity contribution >= 4 is 0 Å². The molecule has 2 atom stereocenters. The molecule has 2 fully saturated rings. The highest BCUT2D eigenvalue weighted by Crippen LogP contribution is 2.42. The van der Waals surface area contributed by atoms with Gasteiger partial charge in [0.15, 0.2) is 0 Å². The lowest BCUT2D eigenvalue weighted by molar-refractivity contribution is 0.0277. The Bertz CT molecular complexity index is 258. The lowest BCUT2D eigenvalue weighted by Gasteiger charge is -2.32. The van der Waals surface area contributed by atoms with Crippen LogP contribution in [-0.2, 0) is 0 Å². The van der Waals surface area contributed by atoms with Crippen molar-refractivity contribution in [3.63, 3.8) is 0 Å². The molecule has 0 spiro atoms. The smallest absolute Gasteiger partial charge is 0.0631 e. The molecule has 2 nitrogen and oxygen atoms in total. The van der Waals surface area contributed by atoms with Crippen LogP contribution in [0.1, 0.15) is 53.4 Å². The van der Waals surface area contributed by atoms with Gasteiger partial charge in [0.2, 0.25) is 0 Å².